The molecule has 104 valence electrons. The van der Waals surface area contributed by atoms with E-state index in [9.17, 15) is 4.79 Å². The molecule has 1 heterocycles. The third-order valence-corrected chi connectivity index (χ3v) is 4.11. The zero-order chi connectivity index (χ0) is 12.4. The van der Waals surface area contributed by atoms with Crippen molar-refractivity contribution in [3.63, 3.8) is 0 Å². The minimum Gasteiger partial charge on any atom is -0.341 e. The summed E-state index contributed by atoms with van der Waals surface area (Å²) >= 11 is 0. The summed E-state index contributed by atoms with van der Waals surface area (Å²) in [6, 6.07) is 10.3. The van der Waals surface area contributed by atoms with Crippen molar-refractivity contribution in [2.24, 2.45) is 0 Å². The van der Waals surface area contributed by atoms with Crippen LogP contribution in [0.15, 0.2) is 30.3 Å². The molecule has 19 heavy (non-hydrogen) atoms. The number of hydrogen-bond donors (Lipinski definition) is 1. The summed E-state index contributed by atoms with van der Waals surface area (Å²) in [5.74, 6) is 0.345. The van der Waals surface area contributed by atoms with Crippen molar-refractivity contribution in [2.75, 3.05) is 26.2 Å². The molecule has 2 aliphatic rings. The van der Waals surface area contributed by atoms with Crippen molar-refractivity contribution in [3.8, 4) is 0 Å². The molecular formula is C15H21ClN2O. The van der Waals surface area contributed by atoms with Gasteiger partial charge in [0.2, 0.25) is 5.91 Å². The van der Waals surface area contributed by atoms with Crippen LogP contribution < -0.4 is 5.32 Å². The molecule has 0 spiro atoms. The molecule has 1 aromatic carbocycles. The second-order valence-electron chi connectivity index (χ2n) is 5.34. The average molecular weight is 281 g/mol. The Labute approximate surface area is 120 Å². The van der Waals surface area contributed by atoms with Crippen molar-refractivity contribution in [3.05, 3.63) is 35.9 Å². The molecule has 1 N–H and O–H groups in total. The van der Waals surface area contributed by atoms with Gasteiger partial charge in [-0.05, 0) is 31.4 Å². The first kappa shape index (κ1) is 14.4. The van der Waals surface area contributed by atoms with Gasteiger partial charge in [0.1, 0.15) is 0 Å². The molecule has 0 bridgehead atoms. The molecule has 1 aromatic rings. The van der Waals surface area contributed by atoms with Crippen molar-refractivity contribution in [1.82, 2.24) is 10.2 Å². The van der Waals surface area contributed by atoms with Crippen LogP contribution in [-0.4, -0.2) is 37.0 Å². The summed E-state index contributed by atoms with van der Waals surface area (Å²) < 4.78 is 0. The van der Waals surface area contributed by atoms with Crippen LogP contribution in [-0.2, 0) is 10.2 Å². The van der Waals surface area contributed by atoms with Gasteiger partial charge < -0.3 is 10.2 Å². The maximum Gasteiger partial charge on any atom is 0.233 e. The first-order valence-electron chi connectivity index (χ1n) is 6.89. The Balaban J connectivity index is 0.00000133. The summed E-state index contributed by atoms with van der Waals surface area (Å²) in [5, 5.41) is 3.35. The molecule has 2 fully saturated rings. The van der Waals surface area contributed by atoms with Crippen LogP contribution >= 0.6 is 12.4 Å². The minimum atomic E-state index is -0.189. The van der Waals surface area contributed by atoms with Gasteiger partial charge in [-0.1, -0.05) is 30.3 Å². The Kier molecular flexibility index (Phi) is 4.48. The molecule has 1 aliphatic heterocycles. The number of benzene rings is 1. The van der Waals surface area contributed by atoms with Gasteiger partial charge in [0.25, 0.3) is 0 Å². The largest absolute Gasteiger partial charge is 0.341 e. The molecule has 1 saturated carbocycles. The van der Waals surface area contributed by atoms with Gasteiger partial charge in [-0.15, -0.1) is 12.4 Å². The third kappa shape index (κ3) is 2.77. The number of carbonyl (C=O) groups excluding carboxylic acids is 1. The first-order chi connectivity index (χ1) is 8.83. The molecule has 4 heteroatoms. The molecular weight excluding hydrogens is 260 g/mol. The van der Waals surface area contributed by atoms with Gasteiger partial charge in [-0.3, -0.25) is 4.79 Å². The van der Waals surface area contributed by atoms with E-state index in [1.54, 1.807) is 0 Å². The predicted octanol–water partition coefficient (Wildman–Crippen LogP) is 1.96. The van der Waals surface area contributed by atoms with Crippen molar-refractivity contribution < 1.29 is 4.79 Å². The lowest BCUT2D eigenvalue weighted by atomic mass is 9.94. The monoisotopic (exact) mass is 280 g/mol. The van der Waals surface area contributed by atoms with Crippen LogP contribution in [0.1, 0.15) is 24.8 Å². The van der Waals surface area contributed by atoms with Crippen LogP contribution in [0.2, 0.25) is 0 Å². The molecule has 0 radical (unpaired) electrons. The fraction of sp³-hybridized carbons (Fsp3) is 0.533. The number of amides is 1. The molecule has 1 aliphatic carbocycles. The molecule has 1 saturated heterocycles. The Hall–Kier alpha value is -1.06. The second-order valence-corrected chi connectivity index (χ2v) is 5.34. The van der Waals surface area contributed by atoms with E-state index >= 15 is 0 Å². The molecule has 3 rings (SSSR count). The van der Waals surface area contributed by atoms with Crippen LogP contribution in [0, 0.1) is 0 Å². The van der Waals surface area contributed by atoms with Crippen molar-refractivity contribution in [2.45, 2.75) is 24.7 Å². The lowest BCUT2D eigenvalue weighted by Crippen LogP contribution is -2.41. The van der Waals surface area contributed by atoms with Gasteiger partial charge in [0.05, 0.1) is 5.41 Å². The number of carbonyl (C=O) groups is 1. The van der Waals surface area contributed by atoms with E-state index in [-0.39, 0.29) is 17.8 Å². The number of halogens is 1. The highest BCUT2D eigenvalue weighted by molar-refractivity contribution is 5.91. The second kappa shape index (κ2) is 5.93. The van der Waals surface area contributed by atoms with E-state index in [4.69, 9.17) is 0 Å². The highest BCUT2D eigenvalue weighted by atomic mass is 35.5. The number of nitrogens with one attached hydrogen (secondary N) is 1. The SMILES string of the molecule is Cl.O=C(N1CCCNCC1)C1(c2ccccc2)CC1. The van der Waals surface area contributed by atoms with E-state index in [1.807, 2.05) is 18.2 Å². The average Bonchev–Trinajstić information content (AvgIpc) is 3.24. The summed E-state index contributed by atoms with van der Waals surface area (Å²) in [7, 11) is 0. The molecule has 0 unspecified atom stereocenters. The minimum absolute atomic E-state index is 0. The lowest BCUT2D eigenvalue weighted by molar-refractivity contribution is -0.133. The summed E-state index contributed by atoms with van der Waals surface area (Å²) in [4.78, 5) is 14.8. The van der Waals surface area contributed by atoms with Crippen LogP contribution in [0.5, 0.6) is 0 Å². The predicted molar refractivity (Wildman–Crippen MR) is 78.7 cm³/mol. The topological polar surface area (TPSA) is 32.3 Å². The van der Waals surface area contributed by atoms with Crippen LogP contribution in [0.4, 0.5) is 0 Å². The standard InChI is InChI=1S/C15H20N2O.ClH/c18-14(17-11-4-9-16-10-12-17)15(7-8-15)13-5-2-1-3-6-13;/h1-3,5-6,16H,4,7-12H2;1H. The zero-order valence-electron chi connectivity index (χ0n) is 11.1. The van der Waals surface area contributed by atoms with Crippen LogP contribution in [0.3, 0.4) is 0 Å². The fourth-order valence-electron chi connectivity index (χ4n) is 2.86. The van der Waals surface area contributed by atoms with Gasteiger partial charge in [0, 0.05) is 19.6 Å². The van der Waals surface area contributed by atoms with E-state index in [0.717, 1.165) is 45.4 Å². The molecule has 0 aromatic heterocycles. The van der Waals surface area contributed by atoms with Gasteiger partial charge in [-0.2, -0.15) is 0 Å². The molecule has 0 atom stereocenters. The van der Waals surface area contributed by atoms with E-state index < -0.39 is 0 Å². The highest BCUT2D eigenvalue weighted by Gasteiger charge is 2.52. The normalized spacial score (nSPS) is 21.2. The fourth-order valence-corrected chi connectivity index (χ4v) is 2.86. The molecule has 3 nitrogen and oxygen atoms in total. The number of rotatable bonds is 2. The highest BCUT2D eigenvalue weighted by Crippen LogP contribution is 2.49. The summed E-state index contributed by atoms with van der Waals surface area (Å²) in [5.41, 5.74) is 1.01. The first-order valence-corrected chi connectivity index (χ1v) is 6.89. The van der Waals surface area contributed by atoms with E-state index in [2.05, 4.69) is 22.3 Å². The maximum atomic E-state index is 12.7. The van der Waals surface area contributed by atoms with Crippen molar-refractivity contribution >= 4 is 18.3 Å². The maximum absolute atomic E-state index is 12.7. The van der Waals surface area contributed by atoms with Gasteiger partial charge >= 0.3 is 0 Å². The quantitative estimate of drug-likeness (QED) is 0.898. The Morgan fingerprint density at radius 1 is 1.11 bits per heavy atom. The Morgan fingerprint density at radius 2 is 1.84 bits per heavy atom. The third-order valence-electron chi connectivity index (χ3n) is 4.11. The smallest absolute Gasteiger partial charge is 0.233 e. The van der Waals surface area contributed by atoms with E-state index in [0.29, 0.717) is 5.91 Å². The Morgan fingerprint density at radius 3 is 2.53 bits per heavy atom. The van der Waals surface area contributed by atoms with E-state index in [1.165, 1.54) is 5.56 Å². The summed E-state index contributed by atoms with van der Waals surface area (Å²) in [6.07, 6.45) is 3.09. The number of hydrogen-bond acceptors (Lipinski definition) is 2. The summed E-state index contributed by atoms with van der Waals surface area (Å²) in [6.45, 7) is 3.71. The van der Waals surface area contributed by atoms with Gasteiger partial charge in [0.15, 0.2) is 0 Å². The van der Waals surface area contributed by atoms with Gasteiger partial charge in [-0.25, -0.2) is 0 Å². The molecule has 1 amide bonds. The van der Waals surface area contributed by atoms with Crippen LogP contribution in [0.25, 0.3) is 0 Å². The Bertz CT molecular complexity index is 423. The number of nitrogens with zero attached hydrogens (tertiary/aromatic N) is 1. The zero-order valence-corrected chi connectivity index (χ0v) is 11.9. The van der Waals surface area contributed by atoms with Crippen molar-refractivity contribution in [1.29, 1.82) is 0 Å². The lowest BCUT2D eigenvalue weighted by Gasteiger charge is -2.26.